The molecule has 1 amide bonds. The van der Waals surface area contributed by atoms with Gasteiger partial charge < -0.3 is 15.4 Å². The third-order valence-corrected chi connectivity index (χ3v) is 3.40. The van der Waals surface area contributed by atoms with E-state index in [9.17, 15) is 4.79 Å². The van der Waals surface area contributed by atoms with Crippen molar-refractivity contribution in [3.8, 4) is 0 Å². The van der Waals surface area contributed by atoms with E-state index in [0.29, 0.717) is 12.2 Å². The van der Waals surface area contributed by atoms with Crippen molar-refractivity contribution in [2.24, 2.45) is 0 Å². The summed E-state index contributed by atoms with van der Waals surface area (Å²) in [5.41, 5.74) is 2.93. The van der Waals surface area contributed by atoms with E-state index >= 15 is 0 Å². The van der Waals surface area contributed by atoms with E-state index in [1.807, 2.05) is 25.1 Å². The van der Waals surface area contributed by atoms with Crippen molar-refractivity contribution in [2.45, 2.75) is 45.8 Å². The Bertz CT molecular complexity index is 459. The predicted octanol–water partition coefficient (Wildman–Crippen LogP) is 2.93. The van der Waals surface area contributed by atoms with Crippen molar-refractivity contribution in [3.05, 3.63) is 23.8 Å². The fourth-order valence-corrected chi connectivity index (χ4v) is 2.32. The van der Waals surface area contributed by atoms with Gasteiger partial charge in [-0.2, -0.15) is 0 Å². The van der Waals surface area contributed by atoms with Crippen LogP contribution in [-0.2, 0) is 9.53 Å². The van der Waals surface area contributed by atoms with E-state index in [4.69, 9.17) is 4.74 Å². The lowest BCUT2D eigenvalue weighted by Crippen LogP contribution is -2.19. The number of benzene rings is 1. The summed E-state index contributed by atoms with van der Waals surface area (Å²) in [6.45, 7) is 6.43. The van der Waals surface area contributed by atoms with Crippen molar-refractivity contribution >= 4 is 17.3 Å². The molecule has 19 heavy (non-hydrogen) atoms. The molecule has 1 fully saturated rings. The summed E-state index contributed by atoms with van der Waals surface area (Å²) in [7, 11) is 0. The minimum absolute atomic E-state index is 0.0480. The third kappa shape index (κ3) is 3.96. The van der Waals surface area contributed by atoms with Crippen LogP contribution in [0.4, 0.5) is 11.4 Å². The summed E-state index contributed by atoms with van der Waals surface area (Å²) < 4.78 is 5.77. The third-order valence-electron chi connectivity index (χ3n) is 3.40. The summed E-state index contributed by atoms with van der Waals surface area (Å²) in [4.78, 5) is 11.1. The predicted molar refractivity (Wildman–Crippen MR) is 77.5 cm³/mol. The van der Waals surface area contributed by atoms with Gasteiger partial charge in [0.25, 0.3) is 0 Å². The highest BCUT2D eigenvalue weighted by Crippen LogP contribution is 2.22. The molecule has 0 aromatic heterocycles. The Kier molecular flexibility index (Phi) is 4.43. The van der Waals surface area contributed by atoms with Gasteiger partial charge in [0.1, 0.15) is 0 Å². The van der Waals surface area contributed by atoms with Crippen molar-refractivity contribution in [1.82, 2.24) is 0 Å². The Balaban J connectivity index is 1.94. The van der Waals surface area contributed by atoms with Gasteiger partial charge in [-0.05, 0) is 44.4 Å². The zero-order valence-corrected chi connectivity index (χ0v) is 11.8. The maximum absolute atomic E-state index is 11.1. The lowest BCUT2D eigenvalue weighted by molar-refractivity contribution is -0.114. The number of anilines is 2. The van der Waals surface area contributed by atoms with Gasteiger partial charge in [0, 0.05) is 24.8 Å². The summed E-state index contributed by atoms with van der Waals surface area (Å²) >= 11 is 0. The van der Waals surface area contributed by atoms with Crippen molar-refractivity contribution < 1.29 is 9.53 Å². The molecule has 2 atom stereocenters. The molecule has 1 aromatic rings. The lowest BCUT2D eigenvalue weighted by atomic mass is 10.1. The first-order chi connectivity index (χ1) is 9.04. The van der Waals surface area contributed by atoms with Crippen molar-refractivity contribution in [1.29, 1.82) is 0 Å². The largest absolute Gasteiger partial charge is 0.382 e. The Morgan fingerprint density at radius 2 is 2.21 bits per heavy atom. The Morgan fingerprint density at radius 1 is 1.42 bits per heavy atom. The van der Waals surface area contributed by atoms with Gasteiger partial charge in [0.05, 0.1) is 12.2 Å². The number of nitrogens with one attached hydrogen (secondary N) is 2. The molecule has 2 unspecified atom stereocenters. The average molecular weight is 262 g/mol. The molecule has 1 aliphatic heterocycles. The van der Waals surface area contributed by atoms with Crippen LogP contribution in [0.2, 0.25) is 0 Å². The molecule has 1 aliphatic rings. The minimum Gasteiger partial charge on any atom is -0.382 e. The molecule has 4 heteroatoms. The molecule has 1 aromatic carbocycles. The number of rotatable bonds is 4. The van der Waals surface area contributed by atoms with Crippen LogP contribution in [0.25, 0.3) is 0 Å². The monoisotopic (exact) mass is 262 g/mol. The van der Waals surface area contributed by atoms with Crippen molar-refractivity contribution in [2.75, 3.05) is 17.2 Å². The second-order valence-electron chi connectivity index (χ2n) is 5.24. The van der Waals surface area contributed by atoms with E-state index in [1.165, 1.54) is 6.92 Å². The highest BCUT2D eigenvalue weighted by Gasteiger charge is 2.21. The fraction of sp³-hybridized carbons (Fsp3) is 0.533. The zero-order valence-electron chi connectivity index (χ0n) is 11.8. The number of carbonyl (C=O) groups is 1. The molecule has 0 radical (unpaired) electrons. The SMILES string of the molecule is CC(=O)Nc1cc(NCC2CCC(C)O2)ccc1C. The summed E-state index contributed by atoms with van der Waals surface area (Å²) in [5.74, 6) is -0.0480. The van der Waals surface area contributed by atoms with E-state index < -0.39 is 0 Å². The minimum atomic E-state index is -0.0480. The summed E-state index contributed by atoms with van der Waals surface area (Å²) in [6.07, 6.45) is 2.91. The molecule has 4 nitrogen and oxygen atoms in total. The Hall–Kier alpha value is -1.55. The molecule has 0 saturated carbocycles. The van der Waals surface area contributed by atoms with E-state index in [0.717, 1.165) is 36.3 Å². The van der Waals surface area contributed by atoms with E-state index in [1.54, 1.807) is 0 Å². The number of ether oxygens (including phenoxy) is 1. The van der Waals surface area contributed by atoms with Gasteiger partial charge in [0.2, 0.25) is 5.91 Å². The van der Waals surface area contributed by atoms with E-state index in [2.05, 4.69) is 17.6 Å². The molecule has 104 valence electrons. The molecule has 0 bridgehead atoms. The average Bonchev–Trinajstić information content (AvgIpc) is 2.75. The highest BCUT2D eigenvalue weighted by molar-refractivity contribution is 5.90. The van der Waals surface area contributed by atoms with E-state index in [-0.39, 0.29) is 5.91 Å². The van der Waals surface area contributed by atoms with Crippen LogP contribution in [-0.4, -0.2) is 24.7 Å². The Morgan fingerprint density at radius 3 is 2.84 bits per heavy atom. The molecular formula is C15H22N2O2. The van der Waals surface area contributed by atoms with Gasteiger partial charge in [0.15, 0.2) is 0 Å². The zero-order chi connectivity index (χ0) is 13.8. The van der Waals surface area contributed by atoms with Crippen LogP contribution >= 0.6 is 0 Å². The molecule has 1 saturated heterocycles. The van der Waals surface area contributed by atoms with Gasteiger partial charge in [-0.3, -0.25) is 4.79 Å². The quantitative estimate of drug-likeness (QED) is 0.877. The summed E-state index contributed by atoms with van der Waals surface area (Å²) in [5, 5.41) is 6.21. The van der Waals surface area contributed by atoms with Crippen LogP contribution in [0.15, 0.2) is 18.2 Å². The number of carbonyl (C=O) groups excluding carboxylic acids is 1. The first kappa shape index (κ1) is 13.9. The smallest absolute Gasteiger partial charge is 0.221 e. The topological polar surface area (TPSA) is 50.4 Å². The number of hydrogen-bond acceptors (Lipinski definition) is 3. The first-order valence-corrected chi connectivity index (χ1v) is 6.82. The first-order valence-electron chi connectivity index (χ1n) is 6.82. The molecule has 2 rings (SSSR count). The second-order valence-corrected chi connectivity index (χ2v) is 5.24. The van der Waals surface area contributed by atoms with Crippen LogP contribution in [0.1, 0.15) is 32.3 Å². The molecular weight excluding hydrogens is 240 g/mol. The Labute approximate surface area is 114 Å². The maximum Gasteiger partial charge on any atom is 0.221 e. The standard InChI is InChI=1S/C15H22N2O2/c1-10-4-6-13(8-15(10)17-12(3)18)16-9-14-7-5-11(2)19-14/h4,6,8,11,14,16H,5,7,9H2,1-3H3,(H,17,18). The van der Waals surface area contributed by atoms with Crippen LogP contribution in [0.3, 0.4) is 0 Å². The number of aryl methyl sites for hydroxylation is 1. The van der Waals surface area contributed by atoms with Crippen LogP contribution in [0.5, 0.6) is 0 Å². The summed E-state index contributed by atoms with van der Waals surface area (Å²) in [6, 6.07) is 6.00. The molecule has 2 N–H and O–H groups in total. The number of amides is 1. The highest BCUT2D eigenvalue weighted by atomic mass is 16.5. The van der Waals surface area contributed by atoms with Gasteiger partial charge in [-0.15, -0.1) is 0 Å². The number of hydrogen-bond donors (Lipinski definition) is 2. The lowest BCUT2D eigenvalue weighted by Gasteiger charge is -2.15. The second kappa shape index (κ2) is 6.06. The van der Waals surface area contributed by atoms with Crippen LogP contribution in [0, 0.1) is 6.92 Å². The van der Waals surface area contributed by atoms with Crippen LogP contribution < -0.4 is 10.6 Å². The maximum atomic E-state index is 11.1. The van der Waals surface area contributed by atoms with Gasteiger partial charge >= 0.3 is 0 Å². The molecule has 1 heterocycles. The van der Waals surface area contributed by atoms with Gasteiger partial charge in [-0.25, -0.2) is 0 Å². The normalized spacial score (nSPS) is 22.3. The molecule has 0 aliphatic carbocycles. The van der Waals surface area contributed by atoms with Crippen molar-refractivity contribution in [3.63, 3.8) is 0 Å². The molecule has 0 spiro atoms. The fourth-order valence-electron chi connectivity index (χ4n) is 2.32. The van der Waals surface area contributed by atoms with Gasteiger partial charge in [-0.1, -0.05) is 6.07 Å².